The molecule has 0 spiro atoms. The van der Waals surface area contributed by atoms with Crippen LogP contribution in [0.4, 0.5) is 0 Å². The van der Waals surface area contributed by atoms with Crippen LogP contribution >= 0.6 is 0 Å². The van der Waals surface area contributed by atoms with Gasteiger partial charge in [0.2, 0.25) is 0 Å². The number of carboxylic acid groups (broad SMARTS) is 1. The maximum atomic E-state index is 10.4. The summed E-state index contributed by atoms with van der Waals surface area (Å²) in [4.78, 5) is 15.4. The number of likely N-dealkylation sites (tertiary alicyclic amines) is 2. The van der Waals surface area contributed by atoms with Gasteiger partial charge in [-0.1, -0.05) is 0 Å². The first-order valence-electron chi connectivity index (χ1n) is 6.91. The number of nitrogens with zero attached hydrogens (tertiary/aromatic N) is 2. The van der Waals surface area contributed by atoms with E-state index in [-0.39, 0.29) is 12.7 Å². The minimum atomic E-state index is -0.868. The monoisotopic (exact) mass is 256 g/mol. The Morgan fingerprint density at radius 1 is 1.17 bits per heavy atom. The second-order valence-electron chi connectivity index (χ2n) is 5.47. The predicted molar refractivity (Wildman–Crippen MR) is 68.7 cm³/mol. The van der Waals surface area contributed by atoms with Gasteiger partial charge in [0.25, 0.3) is 0 Å². The number of piperidine rings is 2. The van der Waals surface area contributed by atoms with Gasteiger partial charge in [-0.2, -0.15) is 0 Å². The van der Waals surface area contributed by atoms with Crippen LogP contribution in [0.25, 0.3) is 0 Å². The van der Waals surface area contributed by atoms with Crippen molar-refractivity contribution >= 4 is 5.97 Å². The third-order valence-corrected chi connectivity index (χ3v) is 4.12. The standard InChI is InChI=1S/C13H24N2O3/c1-14-6-2-11(3-7-14)15-8-4-12(5-9-15)18-10-13(16)17/h11-12H,2-10H2,1H3,(H,16,17). The predicted octanol–water partition coefficient (Wildman–Crippen LogP) is 0.646. The molecule has 0 unspecified atom stereocenters. The molecule has 0 atom stereocenters. The Morgan fingerprint density at radius 2 is 1.78 bits per heavy atom. The fraction of sp³-hybridized carbons (Fsp3) is 0.923. The van der Waals surface area contributed by atoms with Crippen LogP contribution in [0.1, 0.15) is 25.7 Å². The minimum Gasteiger partial charge on any atom is -0.480 e. The molecule has 0 aromatic carbocycles. The normalized spacial score (nSPS) is 25.4. The SMILES string of the molecule is CN1CCC(N2CCC(OCC(=O)O)CC2)CC1. The Balaban J connectivity index is 1.68. The molecule has 0 radical (unpaired) electrons. The third kappa shape index (κ3) is 3.93. The van der Waals surface area contributed by atoms with Crippen LogP contribution in [0, 0.1) is 0 Å². The Hall–Kier alpha value is -0.650. The van der Waals surface area contributed by atoms with E-state index in [0.29, 0.717) is 0 Å². The molecule has 2 aliphatic rings. The lowest BCUT2D eigenvalue weighted by Crippen LogP contribution is -2.48. The van der Waals surface area contributed by atoms with Gasteiger partial charge in [0.05, 0.1) is 6.10 Å². The summed E-state index contributed by atoms with van der Waals surface area (Å²) in [5.74, 6) is -0.868. The number of ether oxygens (including phenoxy) is 1. The molecule has 0 aromatic rings. The maximum Gasteiger partial charge on any atom is 0.329 e. The lowest BCUT2D eigenvalue weighted by Gasteiger charge is -2.40. The van der Waals surface area contributed by atoms with E-state index in [1.807, 2.05) is 0 Å². The van der Waals surface area contributed by atoms with Gasteiger partial charge in [0.1, 0.15) is 6.61 Å². The maximum absolute atomic E-state index is 10.4. The Kier molecular flexibility index (Phi) is 4.97. The van der Waals surface area contributed by atoms with E-state index in [9.17, 15) is 4.79 Å². The molecule has 0 amide bonds. The highest BCUT2D eigenvalue weighted by molar-refractivity contribution is 5.68. The molecule has 2 aliphatic heterocycles. The van der Waals surface area contributed by atoms with Crippen LogP contribution < -0.4 is 0 Å². The summed E-state index contributed by atoms with van der Waals surface area (Å²) in [5.41, 5.74) is 0. The molecule has 0 bridgehead atoms. The lowest BCUT2D eigenvalue weighted by molar-refractivity contribution is -0.145. The molecule has 104 valence electrons. The zero-order chi connectivity index (χ0) is 13.0. The van der Waals surface area contributed by atoms with Crippen LogP contribution in [0.5, 0.6) is 0 Å². The first-order chi connectivity index (χ1) is 8.65. The topological polar surface area (TPSA) is 53.0 Å². The van der Waals surface area contributed by atoms with Crippen LogP contribution in [-0.2, 0) is 9.53 Å². The Morgan fingerprint density at radius 3 is 2.33 bits per heavy atom. The number of hydrogen-bond acceptors (Lipinski definition) is 4. The Bertz CT molecular complexity index is 269. The van der Waals surface area contributed by atoms with Gasteiger partial charge >= 0.3 is 5.97 Å². The highest BCUT2D eigenvalue weighted by Gasteiger charge is 2.27. The molecule has 5 heteroatoms. The molecule has 2 saturated heterocycles. The molecule has 2 rings (SSSR count). The molecule has 2 fully saturated rings. The highest BCUT2D eigenvalue weighted by atomic mass is 16.5. The van der Waals surface area contributed by atoms with Crippen LogP contribution in [0.15, 0.2) is 0 Å². The molecule has 5 nitrogen and oxygen atoms in total. The van der Waals surface area contributed by atoms with Gasteiger partial charge in [-0.05, 0) is 45.8 Å². The van der Waals surface area contributed by atoms with Crippen molar-refractivity contribution in [3.05, 3.63) is 0 Å². The summed E-state index contributed by atoms with van der Waals surface area (Å²) < 4.78 is 5.36. The van der Waals surface area contributed by atoms with Crippen molar-refractivity contribution in [3.8, 4) is 0 Å². The van der Waals surface area contributed by atoms with Crippen molar-refractivity contribution in [1.82, 2.24) is 9.80 Å². The number of hydrogen-bond donors (Lipinski definition) is 1. The van der Waals surface area contributed by atoms with Crippen molar-refractivity contribution in [3.63, 3.8) is 0 Å². The van der Waals surface area contributed by atoms with E-state index >= 15 is 0 Å². The first-order valence-corrected chi connectivity index (χ1v) is 6.91. The second kappa shape index (κ2) is 6.50. The quantitative estimate of drug-likeness (QED) is 0.800. The third-order valence-electron chi connectivity index (χ3n) is 4.12. The van der Waals surface area contributed by atoms with Gasteiger partial charge in [0.15, 0.2) is 0 Å². The zero-order valence-corrected chi connectivity index (χ0v) is 11.2. The molecule has 18 heavy (non-hydrogen) atoms. The summed E-state index contributed by atoms with van der Waals surface area (Å²) in [6.45, 7) is 4.34. The van der Waals surface area contributed by atoms with E-state index in [2.05, 4.69) is 16.8 Å². The molecule has 1 N–H and O–H groups in total. The van der Waals surface area contributed by atoms with Crippen molar-refractivity contribution in [1.29, 1.82) is 0 Å². The van der Waals surface area contributed by atoms with Crippen LogP contribution in [-0.4, -0.2) is 72.9 Å². The summed E-state index contributed by atoms with van der Waals surface area (Å²) in [6.07, 6.45) is 4.61. The molecule has 0 saturated carbocycles. The summed E-state index contributed by atoms with van der Waals surface area (Å²) in [6, 6.07) is 0.724. The van der Waals surface area contributed by atoms with E-state index < -0.39 is 5.97 Å². The molecular weight excluding hydrogens is 232 g/mol. The smallest absolute Gasteiger partial charge is 0.329 e. The van der Waals surface area contributed by atoms with Crippen LogP contribution in [0.3, 0.4) is 0 Å². The van der Waals surface area contributed by atoms with Crippen molar-refractivity contribution < 1.29 is 14.6 Å². The number of rotatable bonds is 4. The molecule has 0 aliphatic carbocycles. The van der Waals surface area contributed by atoms with Crippen LogP contribution in [0.2, 0.25) is 0 Å². The van der Waals surface area contributed by atoms with Gasteiger partial charge in [0, 0.05) is 19.1 Å². The average Bonchev–Trinajstić information content (AvgIpc) is 2.38. The number of carbonyl (C=O) groups is 1. The van der Waals surface area contributed by atoms with E-state index in [4.69, 9.17) is 9.84 Å². The first kappa shape index (κ1) is 13.8. The minimum absolute atomic E-state index is 0.142. The van der Waals surface area contributed by atoms with E-state index in [1.165, 1.54) is 25.9 Å². The van der Waals surface area contributed by atoms with Gasteiger partial charge in [-0.15, -0.1) is 0 Å². The van der Waals surface area contributed by atoms with Crippen molar-refractivity contribution in [2.45, 2.75) is 37.8 Å². The molecule has 2 heterocycles. The number of aliphatic carboxylic acids is 1. The lowest BCUT2D eigenvalue weighted by atomic mass is 9.99. The highest BCUT2D eigenvalue weighted by Crippen LogP contribution is 2.21. The fourth-order valence-electron chi connectivity index (χ4n) is 2.96. The van der Waals surface area contributed by atoms with Crippen molar-refractivity contribution in [2.24, 2.45) is 0 Å². The summed E-state index contributed by atoms with van der Waals surface area (Å²) >= 11 is 0. The average molecular weight is 256 g/mol. The van der Waals surface area contributed by atoms with Crippen molar-refractivity contribution in [2.75, 3.05) is 39.8 Å². The fourth-order valence-corrected chi connectivity index (χ4v) is 2.96. The summed E-state index contributed by atoms with van der Waals surface area (Å²) in [7, 11) is 2.18. The number of carboxylic acids is 1. The van der Waals surface area contributed by atoms with E-state index in [1.54, 1.807) is 0 Å². The zero-order valence-electron chi connectivity index (χ0n) is 11.2. The molecular formula is C13H24N2O3. The second-order valence-corrected chi connectivity index (χ2v) is 5.47. The van der Waals surface area contributed by atoms with Gasteiger partial charge in [-0.25, -0.2) is 4.79 Å². The molecule has 0 aromatic heterocycles. The van der Waals surface area contributed by atoms with Gasteiger partial charge < -0.3 is 19.6 Å². The van der Waals surface area contributed by atoms with E-state index in [0.717, 1.165) is 32.0 Å². The Labute approximate surface area is 109 Å². The summed E-state index contributed by atoms with van der Waals surface area (Å²) in [5, 5.41) is 8.58. The largest absolute Gasteiger partial charge is 0.480 e. The van der Waals surface area contributed by atoms with Gasteiger partial charge in [-0.3, -0.25) is 0 Å².